The molecule has 144 valence electrons. The van der Waals surface area contributed by atoms with Gasteiger partial charge in [0, 0.05) is 24.2 Å². The van der Waals surface area contributed by atoms with Crippen molar-refractivity contribution in [1.29, 1.82) is 0 Å². The maximum atomic E-state index is 12.7. The van der Waals surface area contributed by atoms with Crippen molar-refractivity contribution in [2.75, 3.05) is 13.9 Å². The normalized spacial score (nSPS) is 13.1. The van der Waals surface area contributed by atoms with Crippen LogP contribution in [0.15, 0.2) is 41.4 Å². The second-order valence-electron chi connectivity index (χ2n) is 6.27. The second kappa shape index (κ2) is 7.47. The van der Waals surface area contributed by atoms with Crippen molar-refractivity contribution in [2.45, 2.75) is 19.9 Å². The molecule has 1 aliphatic rings. The molecule has 3 aromatic rings. The lowest BCUT2D eigenvalue weighted by Gasteiger charge is -2.05. The Kier molecular flexibility index (Phi) is 4.87. The monoisotopic (exact) mass is 398 g/mol. The van der Waals surface area contributed by atoms with Crippen molar-refractivity contribution in [2.24, 2.45) is 4.99 Å². The molecule has 7 nitrogen and oxygen atoms in total. The Balaban J connectivity index is 1.83. The molecule has 0 saturated carbocycles. The lowest BCUT2D eigenvalue weighted by Crippen LogP contribution is -2.19. The Morgan fingerprint density at radius 2 is 1.96 bits per heavy atom. The van der Waals surface area contributed by atoms with Crippen LogP contribution >= 0.6 is 11.3 Å². The van der Waals surface area contributed by atoms with Gasteiger partial charge in [-0.25, -0.2) is 0 Å². The summed E-state index contributed by atoms with van der Waals surface area (Å²) in [7, 11) is 1.35. The van der Waals surface area contributed by atoms with E-state index in [-0.39, 0.29) is 25.1 Å². The quantitative estimate of drug-likeness (QED) is 0.631. The number of ether oxygens (including phenoxy) is 3. The van der Waals surface area contributed by atoms with Crippen molar-refractivity contribution in [3.63, 3.8) is 0 Å². The molecular weight excluding hydrogens is 380 g/mol. The Hall–Kier alpha value is -3.13. The number of fused-ring (bicyclic) bond motifs is 2. The van der Waals surface area contributed by atoms with E-state index in [2.05, 4.69) is 4.99 Å². The molecule has 0 atom stereocenters. The number of carbonyl (C=O) groups excluding carboxylic acids is 2. The van der Waals surface area contributed by atoms with E-state index in [0.29, 0.717) is 28.4 Å². The number of hydrogen-bond donors (Lipinski definition) is 0. The van der Waals surface area contributed by atoms with Crippen molar-refractivity contribution in [3.8, 4) is 11.5 Å². The maximum Gasteiger partial charge on any atom is 0.307 e. The summed E-state index contributed by atoms with van der Waals surface area (Å²) in [4.78, 5) is 29.3. The van der Waals surface area contributed by atoms with E-state index in [4.69, 9.17) is 14.2 Å². The van der Waals surface area contributed by atoms with Crippen LogP contribution in [0.5, 0.6) is 11.5 Å². The highest BCUT2D eigenvalue weighted by Gasteiger charge is 2.19. The third-order valence-corrected chi connectivity index (χ3v) is 5.56. The summed E-state index contributed by atoms with van der Waals surface area (Å²) >= 11 is 1.37. The summed E-state index contributed by atoms with van der Waals surface area (Å²) in [5, 5.41) is 0. The highest BCUT2D eigenvalue weighted by molar-refractivity contribution is 7.16. The van der Waals surface area contributed by atoms with Crippen molar-refractivity contribution in [1.82, 2.24) is 4.57 Å². The van der Waals surface area contributed by atoms with Gasteiger partial charge in [0.15, 0.2) is 16.3 Å². The zero-order valence-electron chi connectivity index (χ0n) is 15.4. The molecule has 0 unspecified atom stereocenters. The zero-order valence-corrected chi connectivity index (χ0v) is 16.2. The number of benzene rings is 2. The molecule has 0 N–H and O–H groups in total. The molecule has 4 rings (SSSR count). The van der Waals surface area contributed by atoms with Gasteiger partial charge in [0.25, 0.3) is 5.91 Å². The maximum absolute atomic E-state index is 12.7. The summed E-state index contributed by atoms with van der Waals surface area (Å²) in [6.07, 6.45) is 0.169. The standard InChI is InChI=1S/C20H18N2O5S/c1-12-5-3-4-6-13(12)19(24)21-20-22(8-7-18(23)25-2)14-9-15-16(27-11-26-15)10-17(14)28-20/h3-6,9-10H,7-8,11H2,1-2H3. The Bertz CT molecular complexity index is 1150. The molecule has 0 bridgehead atoms. The van der Waals surface area contributed by atoms with Gasteiger partial charge in [0.05, 0.1) is 23.7 Å². The van der Waals surface area contributed by atoms with Gasteiger partial charge in [0.1, 0.15) is 0 Å². The number of aryl methyl sites for hydroxylation is 2. The van der Waals surface area contributed by atoms with Crippen LogP contribution in [0.1, 0.15) is 22.3 Å². The summed E-state index contributed by atoms with van der Waals surface area (Å²) < 4.78 is 18.4. The predicted molar refractivity (Wildman–Crippen MR) is 104 cm³/mol. The van der Waals surface area contributed by atoms with E-state index in [9.17, 15) is 9.59 Å². The highest BCUT2D eigenvalue weighted by Crippen LogP contribution is 2.37. The molecule has 0 radical (unpaired) electrons. The summed E-state index contributed by atoms with van der Waals surface area (Å²) in [5.41, 5.74) is 2.24. The number of carbonyl (C=O) groups is 2. The third kappa shape index (κ3) is 3.38. The van der Waals surface area contributed by atoms with E-state index in [1.807, 2.05) is 41.8 Å². The average Bonchev–Trinajstić information content (AvgIpc) is 3.27. The van der Waals surface area contributed by atoms with Crippen molar-refractivity contribution >= 4 is 33.4 Å². The molecule has 0 spiro atoms. The summed E-state index contributed by atoms with van der Waals surface area (Å²) in [6, 6.07) is 11.0. The Morgan fingerprint density at radius 1 is 1.21 bits per heavy atom. The van der Waals surface area contributed by atoms with Crippen LogP contribution in [0.3, 0.4) is 0 Å². The van der Waals surface area contributed by atoms with Gasteiger partial charge in [-0.1, -0.05) is 29.5 Å². The van der Waals surface area contributed by atoms with Gasteiger partial charge < -0.3 is 18.8 Å². The number of methoxy groups -OCH3 is 1. The van der Waals surface area contributed by atoms with E-state index in [1.54, 1.807) is 6.07 Å². The van der Waals surface area contributed by atoms with Gasteiger partial charge in [-0.15, -0.1) is 0 Å². The molecule has 2 aromatic carbocycles. The van der Waals surface area contributed by atoms with Gasteiger partial charge in [-0.3, -0.25) is 9.59 Å². The molecule has 1 aliphatic heterocycles. The van der Waals surface area contributed by atoms with E-state index >= 15 is 0 Å². The van der Waals surface area contributed by atoms with Crippen molar-refractivity contribution in [3.05, 3.63) is 52.3 Å². The Labute approximate surface area is 164 Å². The number of amides is 1. The molecule has 1 aromatic heterocycles. The average molecular weight is 398 g/mol. The first-order valence-corrected chi connectivity index (χ1v) is 9.53. The highest BCUT2D eigenvalue weighted by atomic mass is 32.1. The van der Waals surface area contributed by atoms with Crippen LogP contribution < -0.4 is 14.3 Å². The van der Waals surface area contributed by atoms with Gasteiger partial charge in [-0.2, -0.15) is 4.99 Å². The summed E-state index contributed by atoms with van der Waals surface area (Å²) in [5.74, 6) is 0.639. The summed E-state index contributed by atoms with van der Waals surface area (Å²) in [6.45, 7) is 2.39. The van der Waals surface area contributed by atoms with Crippen LogP contribution in [-0.2, 0) is 16.1 Å². The smallest absolute Gasteiger partial charge is 0.307 e. The fraction of sp³-hybridized carbons (Fsp3) is 0.250. The minimum Gasteiger partial charge on any atom is -0.469 e. The number of nitrogens with zero attached hydrogens (tertiary/aromatic N) is 2. The second-order valence-corrected chi connectivity index (χ2v) is 7.28. The van der Waals surface area contributed by atoms with E-state index in [0.717, 1.165) is 15.8 Å². The number of hydrogen-bond acceptors (Lipinski definition) is 6. The number of rotatable bonds is 4. The first-order chi connectivity index (χ1) is 13.6. The molecule has 0 saturated heterocycles. The molecule has 1 amide bonds. The third-order valence-electron chi connectivity index (χ3n) is 4.52. The van der Waals surface area contributed by atoms with Crippen LogP contribution in [0.2, 0.25) is 0 Å². The van der Waals surface area contributed by atoms with Gasteiger partial charge in [0.2, 0.25) is 6.79 Å². The largest absolute Gasteiger partial charge is 0.469 e. The predicted octanol–water partition coefficient (Wildman–Crippen LogP) is 3.04. The minimum atomic E-state index is -0.330. The Morgan fingerprint density at radius 3 is 2.71 bits per heavy atom. The van der Waals surface area contributed by atoms with Crippen LogP contribution in [0, 0.1) is 6.92 Å². The first kappa shape index (κ1) is 18.2. The number of esters is 1. The molecule has 2 heterocycles. The number of thiazole rings is 1. The van der Waals surface area contributed by atoms with Gasteiger partial charge >= 0.3 is 5.97 Å². The van der Waals surface area contributed by atoms with E-state index in [1.165, 1.54) is 18.4 Å². The molecule has 28 heavy (non-hydrogen) atoms. The number of aromatic nitrogens is 1. The molecule has 0 fully saturated rings. The van der Waals surface area contributed by atoms with Gasteiger partial charge in [-0.05, 0) is 18.6 Å². The SMILES string of the molecule is COC(=O)CCn1c(=NC(=O)c2ccccc2C)sc2cc3c(cc21)OCO3. The fourth-order valence-corrected chi connectivity index (χ4v) is 4.09. The van der Waals surface area contributed by atoms with Crippen LogP contribution in [-0.4, -0.2) is 30.3 Å². The lowest BCUT2D eigenvalue weighted by atomic mass is 10.1. The van der Waals surface area contributed by atoms with E-state index < -0.39 is 0 Å². The molecule has 0 aliphatic carbocycles. The fourth-order valence-electron chi connectivity index (χ4n) is 3.03. The molecule has 8 heteroatoms. The van der Waals surface area contributed by atoms with Crippen LogP contribution in [0.4, 0.5) is 0 Å². The topological polar surface area (TPSA) is 79.1 Å². The minimum absolute atomic E-state index is 0.169. The molecular formula is C20H18N2O5S. The zero-order chi connectivity index (χ0) is 19.7. The lowest BCUT2D eigenvalue weighted by molar-refractivity contribution is -0.140. The van der Waals surface area contributed by atoms with Crippen molar-refractivity contribution < 1.29 is 23.8 Å². The first-order valence-electron chi connectivity index (χ1n) is 8.71. The van der Waals surface area contributed by atoms with Crippen LogP contribution in [0.25, 0.3) is 10.2 Å².